The van der Waals surface area contributed by atoms with Crippen LogP contribution in [0.3, 0.4) is 0 Å². The molecule has 0 aliphatic heterocycles. The van der Waals surface area contributed by atoms with Gasteiger partial charge in [0.05, 0.1) is 0 Å². The standard InChI is InChI=1S/C11H16FN3/c1-7(2)11(8-3-4-8)15-10-5-9(12)13-6-14-10/h5-8,11H,3-4H2,1-2H3,(H,13,14,15). The van der Waals surface area contributed by atoms with Crippen molar-refractivity contribution in [2.75, 3.05) is 5.32 Å². The largest absolute Gasteiger partial charge is 0.367 e. The van der Waals surface area contributed by atoms with E-state index in [0.717, 1.165) is 5.92 Å². The van der Waals surface area contributed by atoms with Crippen molar-refractivity contribution >= 4 is 5.82 Å². The molecule has 0 radical (unpaired) electrons. The van der Waals surface area contributed by atoms with E-state index in [0.29, 0.717) is 17.8 Å². The van der Waals surface area contributed by atoms with E-state index in [2.05, 4.69) is 29.1 Å². The molecule has 1 unspecified atom stereocenters. The summed E-state index contributed by atoms with van der Waals surface area (Å²) >= 11 is 0. The monoisotopic (exact) mass is 209 g/mol. The van der Waals surface area contributed by atoms with Gasteiger partial charge in [0, 0.05) is 12.1 Å². The number of nitrogens with zero attached hydrogens (tertiary/aromatic N) is 2. The fraction of sp³-hybridized carbons (Fsp3) is 0.636. The summed E-state index contributed by atoms with van der Waals surface area (Å²) in [7, 11) is 0. The molecule has 1 aliphatic rings. The second-order valence-corrected chi connectivity index (χ2v) is 4.48. The van der Waals surface area contributed by atoms with Crippen molar-refractivity contribution < 1.29 is 4.39 Å². The van der Waals surface area contributed by atoms with Crippen molar-refractivity contribution in [3.05, 3.63) is 18.3 Å². The molecule has 3 nitrogen and oxygen atoms in total. The van der Waals surface area contributed by atoms with E-state index in [1.807, 2.05) is 0 Å². The summed E-state index contributed by atoms with van der Waals surface area (Å²) in [4.78, 5) is 7.44. The molecule has 0 bridgehead atoms. The lowest BCUT2D eigenvalue weighted by Crippen LogP contribution is -2.28. The molecule has 0 aromatic carbocycles. The SMILES string of the molecule is CC(C)C(Nc1cc(F)ncn1)C1CC1. The topological polar surface area (TPSA) is 37.8 Å². The molecule has 1 atom stereocenters. The van der Waals surface area contributed by atoms with E-state index in [1.54, 1.807) is 0 Å². The first kappa shape index (κ1) is 10.3. The van der Waals surface area contributed by atoms with Gasteiger partial charge in [-0.15, -0.1) is 0 Å². The van der Waals surface area contributed by atoms with Gasteiger partial charge in [-0.25, -0.2) is 9.97 Å². The van der Waals surface area contributed by atoms with Crippen LogP contribution >= 0.6 is 0 Å². The Bertz CT molecular complexity index is 334. The second kappa shape index (κ2) is 4.13. The lowest BCUT2D eigenvalue weighted by Gasteiger charge is -2.22. The summed E-state index contributed by atoms with van der Waals surface area (Å²) in [6, 6.07) is 1.75. The van der Waals surface area contributed by atoms with Crippen molar-refractivity contribution in [1.82, 2.24) is 9.97 Å². The van der Waals surface area contributed by atoms with Crippen molar-refractivity contribution in [3.8, 4) is 0 Å². The number of aromatic nitrogens is 2. The smallest absolute Gasteiger partial charge is 0.217 e. The van der Waals surface area contributed by atoms with Gasteiger partial charge in [-0.2, -0.15) is 4.39 Å². The lowest BCUT2D eigenvalue weighted by atomic mass is 10.00. The van der Waals surface area contributed by atoms with E-state index in [9.17, 15) is 4.39 Å². The van der Waals surface area contributed by atoms with Gasteiger partial charge in [0.25, 0.3) is 0 Å². The maximum absolute atomic E-state index is 12.8. The zero-order valence-electron chi connectivity index (χ0n) is 9.07. The summed E-state index contributed by atoms with van der Waals surface area (Å²) in [6.45, 7) is 4.35. The molecule has 82 valence electrons. The quantitative estimate of drug-likeness (QED) is 0.774. The molecular formula is C11H16FN3. The van der Waals surface area contributed by atoms with Gasteiger partial charge >= 0.3 is 0 Å². The molecule has 0 saturated heterocycles. The Kier molecular flexibility index (Phi) is 2.84. The van der Waals surface area contributed by atoms with Gasteiger partial charge in [0.2, 0.25) is 5.95 Å². The highest BCUT2D eigenvalue weighted by atomic mass is 19.1. The summed E-state index contributed by atoms with van der Waals surface area (Å²) in [5, 5.41) is 3.29. The van der Waals surface area contributed by atoms with Gasteiger partial charge in [-0.3, -0.25) is 0 Å². The maximum Gasteiger partial charge on any atom is 0.217 e. The lowest BCUT2D eigenvalue weighted by molar-refractivity contribution is 0.474. The fourth-order valence-corrected chi connectivity index (χ4v) is 1.87. The first-order valence-corrected chi connectivity index (χ1v) is 5.41. The Balaban J connectivity index is 2.05. The average Bonchev–Trinajstić information content (AvgIpc) is 2.97. The first-order chi connectivity index (χ1) is 7.16. The highest BCUT2D eigenvalue weighted by Crippen LogP contribution is 2.37. The van der Waals surface area contributed by atoms with Crippen LogP contribution in [0.15, 0.2) is 12.4 Å². The number of halogens is 1. The molecule has 15 heavy (non-hydrogen) atoms. The molecule has 0 amide bonds. The Morgan fingerprint density at radius 1 is 1.40 bits per heavy atom. The minimum atomic E-state index is -0.481. The van der Waals surface area contributed by atoms with Crippen molar-refractivity contribution in [3.63, 3.8) is 0 Å². The van der Waals surface area contributed by atoms with Gasteiger partial charge in [0.1, 0.15) is 12.1 Å². The van der Waals surface area contributed by atoms with Crippen LogP contribution in [-0.2, 0) is 0 Å². The van der Waals surface area contributed by atoms with E-state index in [4.69, 9.17) is 0 Å². The van der Waals surface area contributed by atoms with Crippen LogP contribution in [0.4, 0.5) is 10.2 Å². The molecule has 1 heterocycles. The fourth-order valence-electron chi connectivity index (χ4n) is 1.87. The predicted octanol–water partition coefficient (Wildman–Crippen LogP) is 2.46. The van der Waals surface area contributed by atoms with Crippen molar-refractivity contribution in [1.29, 1.82) is 0 Å². The van der Waals surface area contributed by atoms with Crippen LogP contribution in [0.2, 0.25) is 0 Å². The normalized spacial score (nSPS) is 17.9. The zero-order valence-corrected chi connectivity index (χ0v) is 9.07. The summed E-state index contributed by atoms with van der Waals surface area (Å²) in [6.07, 6.45) is 3.79. The number of hydrogen-bond donors (Lipinski definition) is 1. The number of rotatable bonds is 4. The predicted molar refractivity (Wildman–Crippen MR) is 57.0 cm³/mol. The summed E-state index contributed by atoms with van der Waals surface area (Å²) < 4.78 is 12.8. The minimum absolute atomic E-state index is 0.402. The molecule has 1 aliphatic carbocycles. The molecular weight excluding hydrogens is 193 g/mol. The third-order valence-electron chi connectivity index (χ3n) is 2.80. The molecule has 1 N–H and O–H groups in total. The Morgan fingerprint density at radius 2 is 2.13 bits per heavy atom. The number of hydrogen-bond acceptors (Lipinski definition) is 3. The molecule has 4 heteroatoms. The van der Waals surface area contributed by atoms with E-state index in [1.165, 1.54) is 25.2 Å². The Labute approximate surface area is 89.1 Å². The van der Waals surface area contributed by atoms with Gasteiger partial charge in [-0.05, 0) is 24.7 Å². The Morgan fingerprint density at radius 3 is 2.67 bits per heavy atom. The summed E-state index contributed by atoms with van der Waals surface area (Å²) in [5.41, 5.74) is 0. The summed E-state index contributed by atoms with van der Waals surface area (Å²) in [5.74, 6) is 1.37. The minimum Gasteiger partial charge on any atom is -0.367 e. The van der Waals surface area contributed by atoms with Gasteiger partial charge in [-0.1, -0.05) is 13.8 Å². The van der Waals surface area contributed by atoms with Crippen LogP contribution in [0, 0.1) is 17.8 Å². The van der Waals surface area contributed by atoms with E-state index >= 15 is 0 Å². The molecule has 1 aromatic heterocycles. The number of nitrogens with one attached hydrogen (secondary N) is 1. The van der Waals surface area contributed by atoms with Crippen LogP contribution < -0.4 is 5.32 Å². The van der Waals surface area contributed by atoms with Crippen LogP contribution in [0.5, 0.6) is 0 Å². The van der Waals surface area contributed by atoms with Crippen LogP contribution in [0.1, 0.15) is 26.7 Å². The molecule has 1 saturated carbocycles. The highest BCUT2D eigenvalue weighted by Gasteiger charge is 2.33. The molecule has 0 spiro atoms. The Hall–Kier alpha value is -1.19. The van der Waals surface area contributed by atoms with Gasteiger partial charge < -0.3 is 5.32 Å². The average molecular weight is 209 g/mol. The first-order valence-electron chi connectivity index (χ1n) is 5.41. The molecule has 2 rings (SSSR count). The van der Waals surface area contributed by atoms with Crippen LogP contribution in [0.25, 0.3) is 0 Å². The number of anilines is 1. The van der Waals surface area contributed by atoms with Gasteiger partial charge in [0.15, 0.2) is 0 Å². The van der Waals surface area contributed by atoms with E-state index in [-0.39, 0.29) is 0 Å². The van der Waals surface area contributed by atoms with E-state index < -0.39 is 5.95 Å². The third-order valence-corrected chi connectivity index (χ3v) is 2.80. The van der Waals surface area contributed by atoms with Crippen LogP contribution in [-0.4, -0.2) is 16.0 Å². The highest BCUT2D eigenvalue weighted by molar-refractivity contribution is 5.34. The van der Waals surface area contributed by atoms with Crippen molar-refractivity contribution in [2.24, 2.45) is 11.8 Å². The second-order valence-electron chi connectivity index (χ2n) is 4.48. The van der Waals surface area contributed by atoms with Crippen molar-refractivity contribution in [2.45, 2.75) is 32.7 Å². The molecule has 1 aromatic rings. The maximum atomic E-state index is 12.8. The third kappa shape index (κ3) is 2.64. The zero-order chi connectivity index (χ0) is 10.8. The molecule has 1 fully saturated rings.